The third-order valence-electron chi connectivity index (χ3n) is 12.3. The van der Waals surface area contributed by atoms with Crippen LogP contribution in [0.1, 0.15) is 102 Å². The average Bonchev–Trinajstić information content (AvgIpc) is 3.40. The van der Waals surface area contributed by atoms with Crippen LogP contribution in [0.2, 0.25) is 0 Å². The van der Waals surface area contributed by atoms with Crippen molar-refractivity contribution in [2.45, 2.75) is 186 Å². The van der Waals surface area contributed by atoms with Gasteiger partial charge in [0.2, 0.25) is 5.91 Å². The summed E-state index contributed by atoms with van der Waals surface area (Å²) in [6, 6.07) is -0.594. The first-order chi connectivity index (χ1) is 24.0. The molecule has 0 aliphatic carbocycles. The van der Waals surface area contributed by atoms with E-state index in [4.69, 9.17) is 33.2 Å². The fourth-order valence-electron chi connectivity index (χ4n) is 8.83. The van der Waals surface area contributed by atoms with E-state index in [1.807, 2.05) is 27.7 Å². The molecule has 0 radical (unpaired) electrons. The summed E-state index contributed by atoms with van der Waals surface area (Å²) >= 11 is 0. The molecule has 0 aromatic carbocycles. The maximum Gasteiger partial charge on any atom is 0.311 e. The summed E-state index contributed by atoms with van der Waals surface area (Å²) in [6.45, 7) is 19.0. The highest BCUT2D eigenvalue weighted by Gasteiger charge is 2.56. The molecular weight excluding hydrogens is 678 g/mol. The number of rotatable bonds is 7. The van der Waals surface area contributed by atoms with Gasteiger partial charge in [-0.25, -0.2) is 0 Å². The molecule has 0 aromatic rings. The predicted molar refractivity (Wildman–Crippen MR) is 188 cm³/mol. The quantitative estimate of drug-likeness (QED) is 0.280. The number of ether oxygens (including phenoxy) is 7. The van der Waals surface area contributed by atoms with Gasteiger partial charge in [-0.3, -0.25) is 9.59 Å². The molecule has 4 aliphatic rings. The monoisotopic (exact) mass is 743 g/mol. The summed E-state index contributed by atoms with van der Waals surface area (Å²) in [5.74, 6) is -2.77. The van der Waals surface area contributed by atoms with Crippen molar-refractivity contribution >= 4 is 11.9 Å². The molecule has 3 fully saturated rings. The number of aliphatic hydroxyl groups excluding tert-OH is 3. The minimum absolute atomic E-state index is 0.140. The number of cyclic esters (lactones) is 1. The van der Waals surface area contributed by atoms with Crippen LogP contribution < -0.4 is 0 Å². The normalized spacial score (nSPS) is 47.8. The van der Waals surface area contributed by atoms with Crippen LogP contribution in [0.5, 0.6) is 0 Å². The van der Waals surface area contributed by atoms with Crippen LogP contribution >= 0.6 is 0 Å². The molecule has 0 saturated carbocycles. The molecule has 4 heterocycles. The predicted octanol–water partition coefficient (Wildman–Crippen LogP) is 2.81. The standard InChI is InChI=1S/C38H65NO13/c1-14-26-38(11,45)31(42)20(4)29-18(2)16-37(10,52-29)33(51-35-28(41)25(15-19(3)47-35)39(12)24(8)40)21(5)30(22(6)34(44)49-26)50-27-17-36(9,46-13)32(43)23(7)48-27/h19-23,25-28,30-33,35,41-43,45H,14-17H2,1-13H3/t19-,20-,21+,22-,23+,25+,26+,27+,28-,30+,31-,32+,33-,35+,36-,37-,38-/m1/s1. The Morgan fingerprint density at radius 1 is 1.00 bits per heavy atom. The molecule has 1 amide bonds. The molecule has 52 heavy (non-hydrogen) atoms. The van der Waals surface area contributed by atoms with Gasteiger partial charge in [-0.2, -0.15) is 0 Å². The molecule has 2 bridgehead atoms. The molecule has 300 valence electrons. The molecule has 3 saturated heterocycles. The second kappa shape index (κ2) is 16.1. The Kier molecular flexibility index (Phi) is 13.2. The SMILES string of the molecule is CC[C@@H]1OC(=O)[C@H](C)[C@@H](O[C@H]2C[C@@](C)(OC)[C@@H](O)[C@H](C)O2)[C@H](C)[C@@H](O[C@@H]2O[C@H](C)C[C@H](N(C)C(C)=O)[C@H]2O)[C@@]2(C)CC(C)=C(O2)[C@@H](C)[C@@H](O)[C@]1(C)O. The Bertz CT molecular complexity index is 1310. The molecule has 0 unspecified atom stereocenters. The second-order valence-corrected chi connectivity index (χ2v) is 16.5. The van der Waals surface area contributed by atoms with Crippen LogP contribution in [0.3, 0.4) is 0 Å². The van der Waals surface area contributed by atoms with E-state index in [2.05, 4.69) is 0 Å². The summed E-state index contributed by atoms with van der Waals surface area (Å²) < 4.78 is 44.5. The number of nitrogens with zero attached hydrogens (tertiary/aromatic N) is 1. The highest BCUT2D eigenvalue weighted by molar-refractivity contribution is 5.73. The van der Waals surface area contributed by atoms with E-state index in [0.29, 0.717) is 18.6 Å². The zero-order chi connectivity index (χ0) is 39.2. The Morgan fingerprint density at radius 3 is 2.21 bits per heavy atom. The third-order valence-corrected chi connectivity index (χ3v) is 12.3. The summed E-state index contributed by atoms with van der Waals surface area (Å²) in [4.78, 5) is 28.0. The molecule has 4 rings (SSSR count). The van der Waals surface area contributed by atoms with Crippen molar-refractivity contribution in [1.29, 1.82) is 0 Å². The van der Waals surface area contributed by atoms with E-state index in [-0.39, 0.29) is 24.9 Å². The lowest BCUT2D eigenvalue weighted by molar-refractivity contribution is -0.316. The number of esters is 1. The van der Waals surface area contributed by atoms with Gasteiger partial charge in [0.05, 0.1) is 42.0 Å². The maximum atomic E-state index is 14.1. The summed E-state index contributed by atoms with van der Waals surface area (Å²) in [5, 5.41) is 46.0. The van der Waals surface area contributed by atoms with E-state index in [1.54, 1.807) is 41.7 Å². The van der Waals surface area contributed by atoms with Crippen molar-refractivity contribution in [2.75, 3.05) is 14.2 Å². The minimum atomic E-state index is -1.85. The van der Waals surface area contributed by atoms with E-state index in [9.17, 15) is 30.0 Å². The van der Waals surface area contributed by atoms with E-state index in [1.165, 1.54) is 25.9 Å². The molecule has 0 spiro atoms. The number of fused-ring (bicyclic) bond motifs is 2. The van der Waals surface area contributed by atoms with E-state index >= 15 is 0 Å². The second-order valence-electron chi connectivity index (χ2n) is 16.5. The Morgan fingerprint density at radius 2 is 1.63 bits per heavy atom. The van der Waals surface area contributed by atoms with Gasteiger partial charge in [0.15, 0.2) is 12.6 Å². The Hall–Kier alpha value is -1.88. The molecular formula is C38H65NO13. The van der Waals surface area contributed by atoms with Crippen molar-refractivity contribution in [3.63, 3.8) is 0 Å². The van der Waals surface area contributed by atoms with Gasteiger partial charge < -0.3 is 58.5 Å². The Labute approximate surface area is 309 Å². The highest BCUT2D eigenvalue weighted by Crippen LogP contribution is 2.47. The van der Waals surface area contributed by atoms with Crippen LogP contribution in [0.4, 0.5) is 0 Å². The highest BCUT2D eigenvalue weighted by atomic mass is 16.7. The van der Waals surface area contributed by atoms with E-state index in [0.717, 1.165) is 5.57 Å². The van der Waals surface area contributed by atoms with Gasteiger partial charge in [-0.15, -0.1) is 0 Å². The first-order valence-corrected chi connectivity index (χ1v) is 18.8. The summed E-state index contributed by atoms with van der Waals surface area (Å²) in [6.07, 6.45) is -8.60. The first-order valence-electron chi connectivity index (χ1n) is 18.8. The van der Waals surface area contributed by atoms with Crippen molar-refractivity contribution in [3.8, 4) is 0 Å². The summed E-state index contributed by atoms with van der Waals surface area (Å²) in [7, 11) is 3.14. The average molecular weight is 744 g/mol. The van der Waals surface area contributed by atoms with Crippen molar-refractivity contribution in [1.82, 2.24) is 4.90 Å². The smallest absolute Gasteiger partial charge is 0.311 e. The summed E-state index contributed by atoms with van der Waals surface area (Å²) in [5.41, 5.74) is -3.18. The van der Waals surface area contributed by atoms with Gasteiger partial charge in [0, 0.05) is 45.8 Å². The molecule has 0 aromatic heterocycles. The minimum Gasteiger partial charge on any atom is -0.489 e. The van der Waals surface area contributed by atoms with Gasteiger partial charge in [0.1, 0.15) is 41.4 Å². The lowest BCUT2D eigenvalue weighted by Gasteiger charge is -2.48. The zero-order valence-corrected chi connectivity index (χ0v) is 33.3. The number of aliphatic hydroxyl groups is 4. The first kappa shape index (κ1) is 42.9. The van der Waals surface area contributed by atoms with Gasteiger partial charge in [-0.05, 0) is 66.9 Å². The number of likely N-dealkylation sites (N-methyl/N-ethyl adjacent to an activating group) is 1. The van der Waals surface area contributed by atoms with Gasteiger partial charge in [0.25, 0.3) is 0 Å². The number of carbonyl (C=O) groups excluding carboxylic acids is 2. The topological polar surface area (TPSA) is 183 Å². The van der Waals surface area contributed by atoms with Gasteiger partial charge in [-0.1, -0.05) is 20.8 Å². The molecule has 14 heteroatoms. The number of carbonyl (C=O) groups is 2. The van der Waals surface area contributed by atoms with Gasteiger partial charge >= 0.3 is 5.97 Å². The van der Waals surface area contributed by atoms with Crippen molar-refractivity contribution in [3.05, 3.63) is 11.3 Å². The van der Waals surface area contributed by atoms with Crippen molar-refractivity contribution < 1.29 is 63.2 Å². The number of hydrogen-bond donors (Lipinski definition) is 4. The third kappa shape index (κ3) is 8.20. The number of amides is 1. The lowest BCUT2D eigenvalue weighted by Crippen LogP contribution is -2.60. The van der Waals surface area contributed by atoms with Crippen LogP contribution in [-0.4, -0.2) is 136 Å². The Balaban J connectivity index is 1.85. The van der Waals surface area contributed by atoms with Crippen molar-refractivity contribution in [2.24, 2.45) is 17.8 Å². The zero-order valence-electron chi connectivity index (χ0n) is 33.3. The largest absolute Gasteiger partial charge is 0.489 e. The molecule has 14 nitrogen and oxygen atoms in total. The van der Waals surface area contributed by atoms with Crippen LogP contribution in [0, 0.1) is 17.8 Å². The maximum absolute atomic E-state index is 14.1. The molecule has 4 N–H and O–H groups in total. The number of hydrogen-bond acceptors (Lipinski definition) is 13. The number of methoxy groups -OCH3 is 1. The van der Waals surface area contributed by atoms with Crippen LogP contribution in [0.25, 0.3) is 0 Å². The molecule has 4 aliphatic heterocycles. The fourth-order valence-corrected chi connectivity index (χ4v) is 8.83. The fraction of sp³-hybridized carbons (Fsp3) is 0.895. The van der Waals surface area contributed by atoms with Crippen LogP contribution in [-0.2, 0) is 42.7 Å². The molecule has 17 atom stereocenters. The van der Waals surface area contributed by atoms with E-state index < -0.39 is 102 Å². The lowest BCUT2D eigenvalue weighted by atomic mass is 9.78. The van der Waals surface area contributed by atoms with Crippen LogP contribution in [0.15, 0.2) is 11.3 Å².